The monoisotopic (exact) mass is 382 g/mol. The molecule has 2 heterocycles. The van der Waals surface area contributed by atoms with Crippen molar-refractivity contribution in [2.45, 2.75) is 26.3 Å². The van der Waals surface area contributed by atoms with E-state index in [9.17, 15) is 18.0 Å². The number of likely N-dealkylation sites (N-methyl/N-ethyl adjacent to an activating group) is 1. The van der Waals surface area contributed by atoms with E-state index in [0.29, 0.717) is 30.2 Å². The maximum absolute atomic E-state index is 12.8. The molecule has 0 radical (unpaired) electrons. The largest absolute Gasteiger partial charge is 0.454 e. The van der Waals surface area contributed by atoms with E-state index in [1.807, 2.05) is 6.92 Å². The van der Waals surface area contributed by atoms with Crippen molar-refractivity contribution in [3.63, 3.8) is 0 Å². The van der Waals surface area contributed by atoms with Gasteiger partial charge in [-0.25, -0.2) is 8.42 Å². The van der Waals surface area contributed by atoms with Gasteiger partial charge in [0.15, 0.2) is 21.3 Å². The lowest BCUT2D eigenvalue weighted by Gasteiger charge is -2.30. The summed E-state index contributed by atoms with van der Waals surface area (Å²) < 4.78 is 34.0. The Bertz CT molecular complexity index is 823. The maximum Gasteiger partial charge on any atom is 0.242 e. The van der Waals surface area contributed by atoms with Gasteiger partial charge >= 0.3 is 0 Å². The zero-order valence-electron chi connectivity index (χ0n) is 14.8. The highest BCUT2D eigenvalue weighted by molar-refractivity contribution is 7.91. The number of nitrogens with zero attached hydrogens (tertiary/aromatic N) is 2. The van der Waals surface area contributed by atoms with Crippen LogP contribution in [-0.2, 0) is 19.4 Å². The fourth-order valence-electron chi connectivity index (χ4n) is 3.32. The summed E-state index contributed by atoms with van der Waals surface area (Å²) >= 11 is 0. The van der Waals surface area contributed by atoms with Crippen molar-refractivity contribution < 1.29 is 27.5 Å². The van der Waals surface area contributed by atoms with Gasteiger partial charge in [0.2, 0.25) is 18.6 Å². The van der Waals surface area contributed by atoms with E-state index in [0.717, 1.165) is 0 Å². The number of ether oxygens (including phenoxy) is 2. The van der Waals surface area contributed by atoms with Crippen LogP contribution in [0.15, 0.2) is 18.2 Å². The smallest absolute Gasteiger partial charge is 0.242 e. The van der Waals surface area contributed by atoms with Gasteiger partial charge in [-0.1, -0.05) is 0 Å². The van der Waals surface area contributed by atoms with Crippen LogP contribution in [0.5, 0.6) is 11.5 Å². The Morgan fingerprint density at radius 1 is 1.23 bits per heavy atom. The zero-order chi connectivity index (χ0) is 18.9. The number of hydrogen-bond acceptors (Lipinski definition) is 6. The summed E-state index contributed by atoms with van der Waals surface area (Å²) in [5.74, 6) is 0.636. The van der Waals surface area contributed by atoms with Crippen LogP contribution in [0.25, 0.3) is 0 Å². The highest BCUT2D eigenvalue weighted by Crippen LogP contribution is 2.35. The van der Waals surface area contributed by atoms with Crippen LogP contribution in [0.3, 0.4) is 0 Å². The van der Waals surface area contributed by atoms with Crippen LogP contribution in [0.4, 0.5) is 5.69 Å². The molecule has 3 rings (SSSR count). The second-order valence-corrected chi connectivity index (χ2v) is 8.61. The fraction of sp³-hybridized carbons (Fsp3) is 0.529. The molecule has 2 aliphatic heterocycles. The lowest BCUT2D eigenvalue weighted by atomic mass is 10.2. The molecule has 0 N–H and O–H groups in total. The van der Waals surface area contributed by atoms with Crippen molar-refractivity contribution in [2.75, 3.05) is 36.3 Å². The Labute approximate surface area is 152 Å². The van der Waals surface area contributed by atoms with Gasteiger partial charge in [-0.2, -0.15) is 0 Å². The third kappa shape index (κ3) is 3.77. The number of hydrogen-bond donors (Lipinski definition) is 0. The van der Waals surface area contributed by atoms with Gasteiger partial charge in [0.1, 0.15) is 6.54 Å². The molecule has 0 aliphatic carbocycles. The third-order valence-electron chi connectivity index (χ3n) is 4.65. The second kappa shape index (κ2) is 7.14. The number of fused-ring (bicyclic) bond motifs is 1. The molecule has 2 amide bonds. The van der Waals surface area contributed by atoms with Crippen molar-refractivity contribution in [3.8, 4) is 11.5 Å². The van der Waals surface area contributed by atoms with E-state index in [1.54, 1.807) is 23.1 Å². The number of carbonyl (C=O) groups is 2. The Balaban J connectivity index is 1.77. The SMILES string of the molecule is CCN(C(=O)CN(C(C)=O)c1ccc2c(c1)OCO2)C1CCS(=O)(=O)C1. The minimum absolute atomic E-state index is 0.0172. The zero-order valence-corrected chi connectivity index (χ0v) is 15.6. The Morgan fingerprint density at radius 2 is 1.96 bits per heavy atom. The predicted molar refractivity (Wildman–Crippen MR) is 95.0 cm³/mol. The normalized spacial score (nSPS) is 20.0. The van der Waals surface area contributed by atoms with Gasteiger partial charge in [-0.05, 0) is 25.5 Å². The highest BCUT2D eigenvalue weighted by Gasteiger charge is 2.34. The van der Waals surface area contributed by atoms with E-state index in [1.165, 1.54) is 11.8 Å². The standard InChI is InChI=1S/C17H22N2O6S/c1-3-18(14-6-7-26(22,23)10-14)17(21)9-19(12(2)20)13-4-5-15-16(8-13)25-11-24-15/h4-5,8,14H,3,6-7,9-11H2,1-2H3. The molecule has 0 spiro atoms. The first kappa shape index (κ1) is 18.5. The summed E-state index contributed by atoms with van der Waals surface area (Å²) in [5.41, 5.74) is 0.533. The molecule has 8 nitrogen and oxygen atoms in total. The summed E-state index contributed by atoms with van der Waals surface area (Å²) in [4.78, 5) is 27.8. The van der Waals surface area contributed by atoms with Crippen molar-refractivity contribution in [1.29, 1.82) is 0 Å². The molecular weight excluding hydrogens is 360 g/mol. The summed E-state index contributed by atoms with van der Waals surface area (Å²) in [6, 6.07) is 4.72. The first-order valence-electron chi connectivity index (χ1n) is 8.48. The van der Waals surface area contributed by atoms with E-state index < -0.39 is 9.84 Å². The molecule has 1 saturated heterocycles. The molecule has 9 heteroatoms. The molecule has 1 unspecified atom stereocenters. The molecule has 0 saturated carbocycles. The molecule has 1 fully saturated rings. The van der Waals surface area contributed by atoms with Crippen LogP contribution in [0, 0.1) is 0 Å². The van der Waals surface area contributed by atoms with Crippen LogP contribution in [0.2, 0.25) is 0 Å². The van der Waals surface area contributed by atoms with Gasteiger partial charge in [-0.15, -0.1) is 0 Å². The van der Waals surface area contributed by atoms with Crippen molar-refractivity contribution in [1.82, 2.24) is 4.90 Å². The topological polar surface area (TPSA) is 93.2 Å². The highest BCUT2D eigenvalue weighted by atomic mass is 32.2. The number of anilines is 1. The molecule has 2 aliphatic rings. The molecule has 0 aromatic heterocycles. The van der Waals surface area contributed by atoms with Gasteiger partial charge in [0.05, 0.1) is 11.5 Å². The van der Waals surface area contributed by atoms with E-state index in [4.69, 9.17) is 9.47 Å². The van der Waals surface area contributed by atoms with Crippen molar-refractivity contribution in [2.24, 2.45) is 0 Å². The maximum atomic E-state index is 12.8. The number of carbonyl (C=O) groups excluding carboxylic acids is 2. The molecule has 142 valence electrons. The van der Waals surface area contributed by atoms with Crippen LogP contribution < -0.4 is 14.4 Å². The van der Waals surface area contributed by atoms with E-state index in [2.05, 4.69) is 0 Å². The first-order chi connectivity index (χ1) is 12.3. The lowest BCUT2D eigenvalue weighted by molar-refractivity contribution is -0.132. The summed E-state index contributed by atoms with van der Waals surface area (Å²) in [6.07, 6.45) is 0.437. The molecule has 0 bridgehead atoms. The van der Waals surface area contributed by atoms with Gasteiger partial charge in [0, 0.05) is 31.3 Å². The van der Waals surface area contributed by atoms with Crippen LogP contribution in [-0.4, -0.2) is 62.6 Å². The molecule has 1 atom stereocenters. The second-order valence-electron chi connectivity index (χ2n) is 6.38. The molecule has 1 aromatic rings. The first-order valence-corrected chi connectivity index (χ1v) is 10.3. The van der Waals surface area contributed by atoms with Crippen molar-refractivity contribution in [3.05, 3.63) is 18.2 Å². The van der Waals surface area contributed by atoms with Gasteiger partial charge < -0.3 is 19.3 Å². The predicted octanol–water partition coefficient (Wildman–Crippen LogP) is 0.804. The van der Waals surface area contributed by atoms with Crippen molar-refractivity contribution >= 4 is 27.3 Å². The average molecular weight is 382 g/mol. The summed E-state index contributed by atoms with van der Waals surface area (Å²) in [7, 11) is -3.09. The fourth-order valence-corrected chi connectivity index (χ4v) is 5.05. The number of rotatable bonds is 5. The minimum atomic E-state index is -3.09. The third-order valence-corrected chi connectivity index (χ3v) is 6.40. The summed E-state index contributed by atoms with van der Waals surface area (Å²) in [6.45, 7) is 3.55. The molecule has 26 heavy (non-hydrogen) atoms. The van der Waals surface area contributed by atoms with Crippen LogP contribution in [0.1, 0.15) is 20.3 Å². The molecular formula is C17H22N2O6S. The quantitative estimate of drug-likeness (QED) is 0.748. The Hall–Kier alpha value is -2.29. The van der Waals surface area contributed by atoms with E-state index >= 15 is 0 Å². The lowest BCUT2D eigenvalue weighted by Crippen LogP contribution is -2.47. The number of sulfone groups is 1. The number of amides is 2. The Morgan fingerprint density at radius 3 is 2.58 bits per heavy atom. The minimum Gasteiger partial charge on any atom is -0.454 e. The average Bonchev–Trinajstić information content (AvgIpc) is 3.18. The summed E-state index contributed by atoms with van der Waals surface area (Å²) in [5, 5.41) is 0. The molecule has 1 aromatic carbocycles. The number of benzene rings is 1. The van der Waals surface area contributed by atoms with Gasteiger partial charge in [0.25, 0.3) is 0 Å². The van der Waals surface area contributed by atoms with E-state index in [-0.39, 0.29) is 42.7 Å². The Kier molecular flexibility index (Phi) is 5.08. The van der Waals surface area contributed by atoms with Gasteiger partial charge in [-0.3, -0.25) is 9.59 Å². The van der Waals surface area contributed by atoms with Crippen LogP contribution >= 0.6 is 0 Å².